The van der Waals surface area contributed by atoms with Crippen LogP contribution in [0.1, 0.15) is 40.6 Å². The first-order valence-electron chi connectivity index (χ1n) is 9.41. The molecule has 7 nitrogen and oxygen atoms in total. The molecule has 0 atom stereocenters. The highest BCUT2D eigenvalue weighted by Gasteiger charge is 2.27. The van der Waals surface area contributed by atoms with Crippen LogP contribution in [0.3, 0.4) is 0 Å². The van der Waals surface area contributed by atoms with Gasteiger partial charge in [0.05, 0.1) is 25.2 Å². The summed E-state index contributed by atoms with van der Waals surface area (Å²) in [6.45, 7) is 3.24. The number of H-pyrrole nitrogens is 1. The molecule has 0 aliphatic carbocycles. The highest BCUT2D eigenvalue weighted by atomic mass is 16.5. The number of piperidine rings is 1. The summed E-state index contributed by atoms with van der Waals surface area (Å²) >= 11 is 0. The van der Waals surface area contributed by atoms with E-state index >= 15 is 0 Å². The van der Waals surface area contributed by atoms with Crippen LogP contribution in [-0.2, 0) is 0 Å². The molecule has 1 saturated heterocycles. The second-order valence-electron chi connectivity index (χ2n) is 7.04. The SMILES string of the molecule is COc1cccc(-c2cn[nH]c2C2CCN(C(=O)c3cnc(C)cn3)CC2)c1. The Bertz CT molecular complexity index is 959. The van der Waals surface area contributed by atoms with Gasteiger partial charge in [-0.05, 0) is 37.5 Å². The van der Waals surface area contributed by atoms with E-state index in [0.717, 1.165) is 41.1 Å². The van der Waals surface area contributed by atoms with Crippen LogP contribution in [0.25, 0.3) is 11.1 Å². The van der Waals surface area contributed by atoms with Crippen molar-refractivity contribution in [3.63, 3.8) is 0 Å². The number of carbonyl (C=O) groups is 1. The highest BCUT2D eigenvalue weighted by Crippen LogP contribution is 2.35. The zero-order valence-corrected chi connectivity index (χ0v) is 16.1. The summed E-state index contributed by atoms with van der Waals surface area (Å²) in [7, 11) is 1.67. The molecular weight excluding hydrogens is 354 g/mol. The summed E-state index contributed by atoms with van der Waals surface area (Å²) in [6, 6.07) is 7.99. The van der Waals surface area contributed by atoms with E-state index in [9.17, 15) is 4.79 Å². The Morgan fingerprint density at radius 2 is 2.00 bits per heavy atom. The van der Waals surface area contributed by atoms with Crippen LogP contribution in [0.5, 0.6) is 5.75 Å². The van der Waals surface area contributed by atoms with Crippen molar-refractivity contribution in [2.75, 3.05) is 20.2 Å². The van der Waals surface area contributed by atoms with Gasteiger partial charge in [-0.2, -0.15) is 5.10 Å². The van der Waals surface area contributed by atoms with E-state index in [4.69, 9.17) is 4.74 Å². The van der Waals surface area contributed by atoms with E-state index in [-0.39, 0.29) is 5.91 Å². The van der Waals surface area contributed by atoms with Crippen LogP contribution >= 0.6 is 0 Å². The molecule has 1 N–H and O–H groups in total. The third-order valence-electron chi connectivity index (χ3n) is 5.24. The first-order chi connectivity index (χ1) is 13.7. The Kier molecular flexibility index (Phi) is 5.06. The zero-order chi connectivity index (χ0) is 19.5. The predicted molar refractivity (Wildman–Crippen MR) is 105 cm³/mol. The third kappa shape index (κ3) is 3.60. The van der Waals surface area contributed by atoms with Gasteiger partial charge in [-0.1, -0.05) is 12.1 Å². The lowest BCUT2D eigenvalue weighted by Gasteiger charge is -2.31. The van der Waals surface area contributed by atoms with E-state index < -0.39 is 0 Å². The molecule has 4 rings (SSSR count). The van der Waals surface area contributed by atoms with Crippen molar-refractivity contribution in [2.24, 2.45) is 0 Å². The maximum absolute atomic E-state index is 12.7. The summed E-state index contributed by atoms with van der Waals surface area (Å²) in [5, 5.41) is 7.45. The Hall–Kier alpha value is -3.22. The average molecular weight is 377 g/mol. The number of hydrogen-bond acceptors (Lipinski definition) is 5. The molecule has 7 heteroatoms. The van der Waals surface area contributed by atoms with E-state index in [2.05, 4.69) is 26.2 Å². The van der Waals surface area contributed by atoms with Gasteiger partial charge in [-0.15, -0.1) is 0 Å². The van der Waals surface area contributed by atoms with Crippen molar-refractivity contribution in [1.82, 2.24) is 25.1 Å². The van der Waals surface area contributed by atoms with E-state index in [1.165, 1.54) is 0 Å². The Morgan fingerprint density at radius 1 is 1.18 bits per heavy atom. The van der Waals surface area contributed by atoms with Crippen LogP contribution in [0.2, 0.25) is 0 Å². The molecule has 0 unspecified atom stereocenters. The average Bonchev–Trinajstić information content (AvgIpc) is 3.24. The first kappa shape index (κ1) is 18.2. The number of likely N-dealkylation sites (tertiary alicyclic amines) is 1. The molecule has 3 aromatic rings. The monoisotopic (exact) mass is 377 g/mol. The molecule has 0 bridgehead atoms. The number of aryl methyl sites for hydroxylation is 1. The fourth-order valence-corrected chi connectivity index (χ4v) is 3.66. The summed E-state index contributed by atoms with van der Waals surface area (Å²) in [5.74, 6) is 1.10. The number of rotatable bonds is 4. The maximum atomic E-state index is 12.7. The molecule has 2 aromatic heterocycles. The van der Waals surface area contributed by atoms with Gasteiger partial charge in [0.1, 0.15) is 11.4 Å². The fraction of sp³-hybridized carbons (Fsp3) is 0.333. The largest absolute Gasteiger partial charge is 0.497 e. The minimum Gasteiger partial charge on any atom is -0.497 e. The number of hydrogen-bond donors (Lipinski definition) is 1. The lowest BCUT2D eigenvalue weighted by Crippen LogP contribution is -2.38. The molecule has 3 heterocycles. The number of nitrogens with one attached hydrogen (secondary N) is 1. The van der Waals surface area contributed by atoms with Gasteiger partial charge in [0.25, 0.3) is 5.91 Å². The quantitative estimate of drug-likeness (QED) is 0.755. The van der Waals surface area contributed by atoms with Crippen LogP contribution in [0, 0.1) is 6.92 Å². The number of carbonyl (C=O) groups excluding carboxylic acids is 1. The van der Waals surface area contributed by atoms with Gasteiger partial charge in [0.15, 0.2) is 0 Å². The van der Waals surface area contributed by atoms with Crippen molar-refractivity contribution in [3.8, 4) is 16.9 Å². The molecular formula is C21H23N5O2. The van der Waals surface area contributed by atoms with Gasteiger partial charge < -0.3 is 9.64 Å². The van der Waals surface area contributed by atoms with E-state index in [1.54, 1.807) is 19.5 Å². The zero-order valence-electron chi connectivity index (χ0n) is 16.1. The topological polar surface area (TPSA) is 84.0 Å². The molecule has 0 spiro atoms. The van der Waals surface area contributed by atoms with Gasteiger partial charge in [0, 0.05) is 36.5 Å². The van der Waals surface area contributed by atoms with Crippen LogP contribution in [0.4, 0.5) is 0 Å². The Balaban J connectivity index is 1.47. The number of nitrogens with zero attached hydrogens (tertiary/aromatic N) is 4. The second kappa shape index (κ2) is 7.80. The normalized spacial score (nSPS) is 14.9. The van der Waals surface area contributed by atoms with Gasteiger partial charge in [-0.3, -0.25) is 14.9 Å². The third-order valence-corrected chi connectivity index (χ3v) is 5.24. The van der Waals surface area contributed by atoms with Crippen molar-refractivity contribution >= 4 is 5.91 Å². The van der Waals surface area contributed by atoms with E-state index in [0.29, 0.717) is 24.7 Å². The summed E-state index contributed by atoms with van der Waals surface area (Å²) in [4.78, 5) is 22.9. The van der Waals surface area contributed by atoms with Crippen LogP contribution in [0.15, 0.2) is 42.9 Å². The van der Waals surface area contributed by atoms with Crippen molar-refractivity contribution in [2.45, 2.75) is 25.7 Å². The number of aromatic nitrogens is 4. The number of aromatic amines is 1. The molecule has 1 amide bonds. The highest BCUT2D eigenvalue weighted by molar-refractivity contribution is 5.92. The predicted octanol–water partition coefficient (Wildman–Crippen LogP) is 3.20. The smallest absolute Gasteiger partial charge is 0.274 e. The Morgan fingerprint density at radius 3 is 2.71 bits per heavy atom. The van der Waals surface area contributed by atoms with Gasteiger partial charge in [-0.25, -0.2) is 4.98 Å². The molecule has 0 radical (unpaired) electrons. The lowest BCUT2D eigenvalue weighted by atomic mass is 9.89. The Labute approximate surface area is 163 Å². The molecule has 1 aliphatic heterocycles. The number of benzene rings is 1. The van der Waals surface area contributed by atoms with Crippen LogP contribution in [-0.4, -0.2) is 51.2 Å². The fourth-order valence-electron chi connectivity index (χ4n) is 3.66. The summed E-state index contributed by atoms with van der Waals surface area (Å²) in [6.07, 6.45) is 6.81. The maximum Gasteiger partial charge on any atom is 0.274 e. The number of amides is 1. The minimum atomic E-state index is -0.0522. The van der Waals surface area contributed by atoms with Crippen molar-refractivity contribution < 1.29 is 9.53 Å². The first-order valence-corrected chi connectivity index (χ1v) is 9.41. The van der Waals surface area contributed by atoms with Crippen LogP contribution < -0.4 is 4.74 Å². The second-order valence-corrected chi connectivity index (χ2v) is 7.04. The summed E-state index contributed by atoms with van der Waals surface area (Å²) in [5.41, 5.74) is 4.50. The van der Waals surface area contributed by atoms with Crippen molar-refractivity contribution in [3.05, 3.63) is 59.9 Å². The molecule has 144 valence electrons. The number of ether oxygens (including phenoxy) is 1. The molecule has 1 aromatic carbocycles. The van der Waals surface area contributed by atoms with Gasteiger partial charge in [0.2, 0.25) is 0 Å². The van der Waals surface area contributed by atoms with Gasteiger partial charge >= 0.3 is 0 Å². The molecule has 1 aliphatic rings. The molecule has 28 heavy (non-hydrogen) atoms. The summed E-state index contributed by atoms with van der Waals surface area (Å²) < 4.78 is 5.34. The number of methoxy groups -OCH3 is 1. The van der Waals surface area contributed by atoms with Crippen molar-refractivity contribution in [1.29, 1.82) is 0 Å². The molecule has 1 fully saturated rings. The standard InChI is InChI=1S/C21H23N5O2/c1-14-11-23-19(13-22-14)21(27)26-8-6-15(7-9-26)20-18(12-24-25-20)16-4-3-5-17(10-16)28-2/h3-5,10-13,15H,6-9H2,1-2H3,(H,24,25). The molecule has 0 saturated carbocycles. The van der Waals surface area contributed by atoms with E-state index in [1.807, 2.05) is 36.2 Å². The minimum absolute atomic E-state index is 0.0522. The lowest BCUT2D eigenvalue weighted by molar-refractivity contribution is 0.0705.